The maximum absolute atomic E-state index is 6.03. The van der Waals surface area contributed by atoms with Gasteiger partial charge in [-0.1, -0.05) is 48.0 Å². The molecule has 0 aromatic heterocycles. The second-order valence-corrected chi connectivity index (χ2v) is 7.38. The van der Waals surface area contributed by atoms with Gasteiger partial charge in [0.05, 0.1) is 13.2 Å². The average molecular weight is 369 g/mol. The Kier molecular flexibility index (Phi) is 7.69. The molecule has 2 aromatic carbocycles. The Labute approximate surface area is 163 Å². The molecule has 3 rings (SSSR count). The molecule has 1 saturated heterocycles. The molecule has 0 amide bonds. The number of hydrogen-bond donors (Lipinski definition) is 0. The maximum atomic E-state index is 6.03. The largest absolute Gasteiger partial charge is 0.491 e. The van der Waals surface area contributed by atoms with Crippen molar-refractivity contribution in [2.75, 3.05) is 59.6 Å². The van der Waals surface area contributed by atoms with Crippen LogP contribution in [-0.2, 0) is 11.2 Å². The average Bonchev–Trinajstić information content (AvgIpc) is 2.68. The van der Waals surface area contributed by atoms with Gasteiger partial charge in [0.15, 0.2) is 0 Å². The zero-order valence-corrected chi connectivity index (χ0v) is 16.7. The smallest absolute Gasteiger partial charge is 0.122 e. The van der Waals surface area contributed by atoms with E-state index in [1.807, 2.05) is 0 Å². The van der Waals surface area contributed by atoms with Gasteiger partial charge in [0, 0.05) is 39.1 Å². The number of aryl methyl sites for hydroxylation is 1. The fourth-order valence-electron chi connectivity index (χ4n) is 3.38. The Morgan fingerprint density at radius 2 is 1.67 bits per heavy atom. The van der Waals surface area contributed by atoms with Crippen molar-refractivity contribution in [1.29, 1.82) is 0 Å². The first kappa shape index (κ1) is 19.9. The third-order valence-electron chi connectivity index (χ3n) is 5.09. The van der Waals surface area contributed by atoms with Crippen LogP contribution in [-0.4, -0.2) is 69.4 Å². The minimum atomic E-state index is 0.591. The van der Waals surface area contributed by atoms with Crippen LogP contribution in [0.3, 0.4) is 0 Å². The normalized spacial score (nSPS) is 15.8. The summed E-state index contributed by atoms with van der Waals surface area (Å²) in [6.07, 6.45) is 0.891. The zero-order valence-electron chi connectivity index (χ0n) is 16.7. The van der Waals surface area contributed by atoms with E-state index in [1.54, 1.807) is 0 Å². The number of benzene rings is 2. The Morgan fingerprint density at radius 3 is 2.44 bits per heavy atom. The molecule has 0 saturated carbocycles. The molecule has 1 fully saturated rings. The van der Waals surface area contributed by atoms with E-state index in [-0.39, 0.29) is 0 Å². The molecule has 0 bridgehead atoms. The van der Waals surface area contributed by atoms with E-state index >= 15 is 0 Å². The minimum absolute atomic E-state index is 0.591. The molecule has 2 aromatic rings. The Bertz CT molecular complexity index is 682. The molecule has 1 heterocycles. The molecule has 0 N–H and O–H groups in total. The summed E-state index contributed by atoms with van der Waals surface area (Å²) >= 11 is 0. The van der Waals surface area contributed by atoms with E-state index < -0.39 is 0 Å². The van der Waals surface area contributed by atoms with Crippen molar-refractivity contribution < 1.29 is 9.47 Å². The van der Waals surface area contributed by atoms with Crippen LogP contribution in [0.5, 0.6) is 5.75 Å². The molecule has 1 aliphatic heterocycles. The van der Waals surface area contributed by atoms with Crippen molar-refractivity contribution in [2.24, 2.45) is 0 Å². The number of piperazine rings is 1. The summed E-state index contributed by atoms with van der Waals surface area (Å²) in [5.74, 6) is 0.965. The Morgan fingerprint density at radius 1 is 0.889 bits per heavy atom. The van der Waals surface area contributed by atoms with Gasteiger partial charge in [0.1, 0.15) is 12.4 Å². The highest BCUT2D eigenvalue weighted by atomic mass is 16.5. The predicted molar refractivity (Wildman–Crippen MR) is 111 cm³/mol. The van der Waals surface area contributed by atoms with Gasteiger partial charge in [0.25, 0.3) is 0 Å². The summed E-state index contributed by atoms with van der Waals surface area (Å²) < 4.78 is 11.8. The third-order valence-corrected chi connectivity index (χ3v) is 5.09. The third kappa shape index (κ3) is 6.65. The lowest BCUT2D eigenvalue weighted by Gasteiger charge is -2.32. The summed E-state index contributed by atoms with van der Waals surface area (Å²) in [6.45, 7) is 9.72. The van der Waals surface area contributed by atoms with Gasteiger partial charge in [-0.05, 0) is 31.2 Å². The van der Waals surface area contributed by atoms with Crippen molar-refractivity contribution in [3.05, 3.63) is 65.2 Å². The SMILES string of the molecule is Cc1ccc(OCCOCCN2CCN(C)CC2)c(Cc2ccccc2)c1. The van der Waals surface area contributed by atoms with Crippen molar-refractivity contribution in [2.45, 2.75) is 13.3 Å². The van der Waals surface area contributed by atoms with Gasteiger partial charge < -0.3 is 14.4 Å². The van der Waals surface area contributed by atoms with Crippen molar-refractivity contribution in [3.63, 3.8) is 0 Å². The summed E-state index contributed by atoms with van der Waals surface area (Å²) in [5, 5.41) is 0. The zero-order chi connectivity index (χ0) is 18.9. The lowest BCUT2D eigenvalue weighted by molar-refractivity contribution is 0.0656. The van der Waals surface area contributed by atoms with E-state index in [1.165, 1.54) is 16.7 Å². The van der Waals surface area contributed by atoms with E-state index in [2.05, 4.69) is 72.3 Å². The van der Waals surface area contributed by atoms with Crippen LogP contribution in [0.25, 0.3) is 0 Å². The summed E-state index contributed by atoms with van der Waals surface area (Å²) in [6, 6.07) is 16.9. The molecule has 0 aliphatic carbocycles. The molecule has 4 nitrogen and oxygen atoms in total. The van der Waals surface area contributed by atoms with Crippen LogP contribution in [0.1, 0.15) is 16.7 Å². The van der Waals surface area contributed by atoms with Crippen molar-refractivity contribution in [3.8, 4) is 5.75 Å². The van der Waals surface area contributed by atoms with Crippen LogP contribution in [0.2, 0.25) is 0 Å². The van der Waals surface area contributed by atoms with Gasteiger partial charge in [-0.25, -0.2) is 0 Å². The molecular formula is C23H32N2O2. The summed E-state index contributed by atoms with van der Waals surface area (Å²) in [7, 11) is 2.18. The van der Waals surface area contributed by atoms with Crippen LogP contribution in [0, 0.1) is 6.92 Å². The molecule has 27 heavy (non-hydrogen) atoms. The highest BCUT2D eigenvalue weighted by Crippen LogP contribution is 2.23. The maximum Gasteiger partial charge on any atom is 0.122 e. The van der Waals surface area contributed by atoms with Crippen LogP contribution < -0.4 is 4.74 Å². The Hall–Kier alpha value is -1.88. The second-order valence-electron chi connectivity index (χ2n) is 7.38. The van der Waals surface area contributed by atoms with Crippen LogP contribution in [0.15, 0.2) is 48.5 Å². The molecule has 0 atom stereocenters. The molecule has 0 spiro atoms. The highest BCUT2D eigenvalue weighted by molar-refractivity contribution is 5.40. The fourth-order valence-corrected chi connectivity index (χ4v) is 3.38. The topological polar surface area (TPSA) is 24.9 Å². The first-order chi connectivity index (χ1) is 13.2. The number of rotatable bonds is 9. The predicted octanol–water partition coefficient (Wildman–Crippen LogP) is 3.23. The first-order valence-electron chi connectivity index (χ1n) is 9.95. The quantitative estimate of drug-likeness (QED) is 0.635. The van der Waals surface area contributed by atoms with Gasteiger partial charge in [-0.3, -0.25) is 4.90 Å². The summed E-state index contributed by atoms with van der Waals surface area (Å²) in [4.78, 5) is 4.85. The van der Waals surface area contributed by atoms with Crippen molar-refractivity contribution in [1.82, 2.24) is 9.80 Å². The van der Waals surface area contributed by atoms with E-state index in [4.69, 9.17) is 9.47 Å². The van der Waals surface area contributed by atoms with E-state index in [9.17, 15) is 0 Å². The van der Waals surface area contributed by atoms with E-state index in [0.29, 0.717) is 13.2 Å². The van der Waals surface area contributed by atoms with Crippen LogP contribution in [0.4, 0.5) is 0 Å². The van der Waals surface area contributed by atoms with Gasteiger partial charge >= 0.3 is 0 Å². The molecule has 146 valence electrons. The van der Waals surface area contributed by atoms with Gasteiger partial charge in [-0.2, -0.15) is 0 Å². The van der Waals surface area contributed by atoms with E-state index in [0.717, 1.165) is 51.5 Å². The molecular weight excluding hydrogens is 336 g/mol. The fraction of sp³-hybridized carbons (Fsp3) is 0.478. The van der Waals surface area contributed by atoms with Crippen LogP contribution >= 0.6 is 0 Å². The Balaban J connectivity index is 1.40. The minimum Gasteiger partial charge on any atom is -0.491 e. The molecule has 0 radical (unpaired) electrons. The molecule has 0 unspecified atom stereocenters. The standard InChI is InChI=1S/C23H32N2O2/c1-20-8-9-23(22(18-20)19-21-6-4-3-5-7-21)27-17-16-26-15-14-25-12-10-24(2)11-13-25/h3-9,18H,10-17,19H2,1-2H3. The molecule has 4 heteroatoms. The first-order valence-corrected chi connectivity index (χ1v) is 9.95. The number of likely N-dealkylation sites (N-methyl/N-ethyl adjacent to an activating group) is 1. The van der Waals surface area contributed by atoms with Crippen molar-refractivity contribution >= 4 is 0 Å². The summed E-state index contributed by atoms with van der Waals surface area (Å²) in [5.41, 5.74) is 3.80. The lowest BCUT2D eigenvalue weighted by atomic mass is 10.0. The number of nitrogens with zero attached hydrogens (tertiary/aromatic N) is 2. The lowest BCUT2D eigenvalue weighted by Crippen LogP contribution is -2.45. The van der Waals surface area contributed by atoms with Gasteiger partial charge in [-0.15, -0.1) is 0 Å². The molecule has 1 aliphatic rings. The monoisotopic (exact) mass is 368 g/mol. The second kappa shape index (κ2) is 10.5. The highest BCUT2D eigenvalue weighted by Gasteiger charge is 2.12. The van der Waals surface area contributed by atoms with Gasteiger partial charge in [0.2, 0.25) is 0 Å². The number of hydrogen-bond acceptors (Lipinski definition) is 4. The number of ether oxygens (including phenoxy) is 2.